The standard InChI is InChI=1S/C23H28Cl2N2O4/c1-13(22(30)27-19-6-17(24)5-18(25)7-19)31-21(29)12-26-20(28)11-23-8-14-2-15(9-23)4-16(3-14)10-23/h5-7,13-16H,2-4,8-12H2,1H3,(H,26,28)(H,27,30)/t13-,14?,15?,16?,23?/m1/s1. The summed E-state index contributed by atoms with van der Waals surface area (Å²) in [6, 6.07) is 4.64. The molecule has 1 aromatic carbocycles. The van der Waals surface area contributed by atoms with Crippen LogP contribution in [0.4, 0.5) is 5.69 Å². The van der Waals surface area contributed by atoms with E-state index in [1.165, 1.54) is 26.2 Å². The second kappa shape index (κ2) is 8.99. The van der Waals surface area contributed by atoms with Gasteiger partial charge in [0.1, 0.15) is 6.54 Å². The summed E-state index contributed by atoms with van der Waals surface area (Å²) in [5, 5.41) is 6.06. The Morgan fingerprint density at radius 3 is 2.13 bits per heavy atom. The molecule has 1 aromatic rings. The van der Waals surface area contributed by atoms with Crippen molar-refractivity contribution in [1.82, 2.24) is 5.32 Å². The van der Waals surface area contributed by atoms with Gasteiger partial charge in [-0.25, -0.2) is 0 Å². The summed E-state index contributed by atoms with van der Waals surface area (Å²) in [5.41, 5.74) is 0.531. The second-order valence-electron chi connectivity index (χ2n) is 9.65. The van der Waals surface area contributed by atoms with E-state index >= 15 is 0 Å². The van der Waals surface area contributed by atoms with E-state index in [9.17, 15) is 14.4 Å². The Bertz CT molecular complexity index is 833. The molecule has 2 N–H and O–H groups in total. The average Bonchev–Trinajstić information content (AvgIpc) is 2.64. The number of benzene rings is 1. The van der Waals surface area contributed by atoms with Gasteiger partial charge in [-0.05, 0) is 86.8 Å². The lowest BCUT2D eigenvalue weighted by molar-refractivity contribution is -0.153. The minimum Gasteiger partial charge on any atom is -0.451 e. The molecule has 0 aromatic heterocycles. The predicted octanol–water partition coefficient (Wildman–Crippen LogP) is 4.59. The molecule has 4 bridgehead atoms. The fourth-order valence-electron chi connectivity index (χ4n) is 6.24. The van der Waals surface area contributed by atoms with Gasteiger partial charge in [0, 0.05) is 22.2 Å². The average molecular weight is 467 g/mol. The van der Waals surface area contributed by atoms with Gasteiger partial charge in [0.2, 0.25) is 5.91 Å². The zero-order valence-electron chi connectivity index (χ0n) is 17.6. The van der Waals surface area contributed by atoms with Crippen LogP contribution in [-0.4, -0.2) is 30.4 Å². The van der Waals surface area contributed by atoms with Crippen molar-refractivity contribution < 1.29 is 19.1 Å². The summed E-state index contributed by atoms with van der Waals surface area (Å²) in [5.74, 6) is 1.06. The second-order valence-corrected chi connectivity index (χ2v) is 10.5. The molecule has 5 rings (SSSR count). The first kappa shape index (κ1) is 22.4. The number of carbonyl (C=O) groups excluding carboxylic acids is 3. The molecule has 4 saturated carbocycles. The Kier molecular flexibility index (Phi) is 6.50. The first-order valence-corrected chi connectivity index (χ1v) is 11.7. The molecule has 31 heavy (non-hydrogen) atoms. The molecule has 1 atom stereocenters. The van der Waals surface area contributed by atoms with Crippen molar-refractivity contribution >= 4 is 46.7 Å². The van der Waals surface area contributed by atoms with E-state index in [1.807, 2.05) is 0 Å². The van der Waals surface area contributed by atoms with Crippen LogP contribution < -0.4 is 10.6 Å². The number of esters is 1. The van der Waals surface area contributed by atoms with E-state index in [-0.39, 0.29) is 17.9 Å². The molecule has 0 aliphatic heterocycles. The van der Waals surface area contributed by atoms with Crippen LogP contribution in [0.5, 0.6) is 0 Å². The third-order valence-corrected chi connectivity index (χ3v) is 7.37. The summed E-state index contributed by atoms with van der Waals surface area (Å²) >= 11 is 11.8. The number of hydrogen-bond acceptors (Lipinski definition) is 4. The quantitative estimate of drug-likeness (QED) is 0.575. The Hall–Kier alpha value is -1.79. The number of nitrogens with one attached hydrogen (secondary N) is 2. The number of rotatable bonds is 7. The van der Waals surface area contributed by atoms with E-state index in [2.05, 4.69) is 10.6 Å². The highest BCUT2D eigenvalue weighted by Crippen LogP contribution is 2.61. The molecular formula is C23H28Cl2N2O4. The van der Waals surface area contributed by atoms with Crippen LogP contribution in [0.2, 0.25) is 10.0 Å². The number of ether oxygens (including phenoxy) is 1. The summed E-state index contributed by atoms with van der Waals surface area (Å²) < 4.78 is 5.16. The van der Waals surface area contributed by atoms with Crippen molar-refractivity contribution in [3.63, 3.8) is 0 Å². The van der Waals surface area contributed by atoms with Crippen LogP contribution in [0, 0.1) is 23.2 Å². The summed E-state index contributed by atoms with van der Waals surface area (Å²) in [6.45, 7) is 1.22. The van der Waals surface area contributed by atoms with Gasteiger partial charge in [0.05, 0.1) is 0 Å². The molecule has 6 nitrogen and oxygen atoms in total. The first-order chi connectivity index (χ1) is 14.7. The van der Waals surface area contributed by atoms with E-state index < -0.39 is 18.0 Å². The van der Waals surface area contributed by atoms with E-state index in [1.54, 1.807) is 18.2 Å². The minimum atomic E-state index is -1.02. The zero-order chi connectivity index (χ0) is 22.2. The first-order valence-electron chi connectivity index (χ1n) is 10.9. The maximum absolute atomic E-state index is 12.5. The van der Waals surface area contributed by atoms with Crippen molar-refractivity contribution in [2.24, 2.45) is 23.2 Å². The summed E-state index contributed by atoms with van der Waals surface area (Å²) in [7, 11) is 0. The van der Waals surface area contributed by atoms with Crippen LogP contribution in [0.15, 0.2) is 18.2 Å². The number of halogens is 2. The third kappa shape index (κ3) is 5.53. The molecule has 4 fully saturated rings. The van der Waals surface area contributed by atoms with Crippen molar-refractivity contribution in [2.75, 3.05) is 11.9 Å². The third-order valence-electron chi connectivity index (χ3n) is 6.94. The molecule has 0 radical (unpaired) electrons. The molecule has 4 aliphatic rings. The Balaban J connectivity index is 1.21. The van der Waals surface area contributed by atoms with Crippen LogP contribution in [0.1, 0.15) is 51.9 Å². The van der Waals surface area contributed by atoms with Crippen molar-refractivity contribution in [1.29, 1.82) is 0 Å². The van der Waals surface area contributed by atoms with Gasteiger partial charge >= 0.3 is 5.97 Å². The van der Waals surface area contributed by atoms with Gasteiger partial charge in [-0.15, -0.1) is 0 Å². The molecule has 0 unspecified atom stereocenters. The van der Waals surface area contributed by atoms with Gasteiger partial charge in [-0.3, -0.25) is 14.4 Å². The van der Waals surface area contributed by atoms with Gasteiger partial charge in [-0.1, -0.05) is 23.2 Å². The maximum atomic E-state index is 12.5. The summed E-state index contributed by atoms with van der Waals surface area (Å²) in [6.07, 6.45) is 6.86. The predicted molar refractivity (Wildman–Crippen MR) is 119 cm³/mol. The van der Waals surface area contributed by atoms with Crippen LogP contribution in [-0.2, 0) is 19.1 Å². The smallest absolute Gasteiger partial charge is 0.326 e. The van der Waals surface area contributed by atoms with E-state index in [4.69, 9.17) is 27.9 Å². The largest absolute Gasteiger partial charge is 0.451 e. The molecule has 0 spiro atoms. The van der Waals surface area contributed by atoms with Crippen molar-refractivity contribution in [3.8, 4) is 0 Å². The van der Waals surface area contributed by atoms with Gasteiger partial charge < -0.3 is 15.4 Å². The monoisotopic (exact) mass is 466 g/mol. The van der Waals surface area contributed by atoms with Crippen molar-refractivity contribution in [2.45, 2.75) is 58.0 Å². The number of amides is 2. The lowest BCUT2D eigenvalue weighted by atomic mass is 9.49. The molecule has 168 valence electrons. The fraction of sp³-hybridized carbons (Fsp3) is 0.609. The molecule has 4 aliphatic carbocycles. The number of hydrogen-bond donors (Lipinski definition) is 2. The Morgan fingerprint density at radius 1 is 1.03 bits per heavy atom. The van der Waals surface area contributed by atoms with Crippen LogP contribution in [0.3, 0.4) is 0 Å². The zero-order valence-corrected chi connectivity index (χ0v) is 19.1. The number of anilines is 1. The highest BCUT2D eigenvalue weighted by molar-refractivity contribution is 6.35. The molecular weight excluding hydrogens is 439 g/mol. The highest BCUT2D eigenvalue weighted by atomic mass is 35.5. The Morgan fingerprint density at radius 2 is 1.58 bits per heavy atom. The van der Waals surface area contributed by atoms with Gasteiger partial charge in [-0.2, -0.15) is 0 Å². The lowest BCUT2D eigenvalue weighted by Crippen LogP contribution is -2.48. The van der Waals surface area contributed by atoms with Crippen molar-refractivity contribution in [3.05, 3.63) is 28.2 Å². The number of carbonyl (C=O) groups is 3. The molecule has 8 heteroatoms. The minimum absolute atomic E-state index is 0.107. The summed E-state index contributed by atoms with van der Waals surface area (Å²) in [4.78, 5) is 36.9. The van der Waals surface area contributed by atoms with E-state index in [0.29, 0.717) is 22.2 Å². The normalized spacial score (nSPS) is 29.3. The lowest BCUT2D eigenvalue weighted by Gasteiger charge is -2.56. The van der Waals surface area contributed by atoms with Crippen LogP contribution >= 0.6 is 23.2 Å². The van der Waals surface area contributed by atoms with Crippen LogP contribution in [0.25, 0.3) is 0 Å². The van der Waals surface area contributed by atoms with Gasteiger partial charge in [0.25, 0.3) is 5.91 Å². The SMILES string of the molecule is C[C@@H](OC(=O)CNC(=O)CC12CC3CC(CC(C3)C1)C2)C(=O)Nc1cc(Cl)cc(Cl)c1. The topological polar surface area (TPSA) is 84.5 Å². The molecule has 0 heterocycles. The molecule has 0 saturated heterocycles. The van der Waals surface area contributed by atoms with Gasteiger partial charge in [0.15, 0.2) is 6.10 Å². The fourth-order valence-corrected chi connectivity index (χ4v) is 6.77. The Labute approximate surface area is 192 Å². The maximum Gasteiger partial charge on any atom is 0.326 e. The molecule has 2 amide bonds. The highest BCUT2D eigenvalue weighted by Gasteiger charge is 2.51. The van der Waals surface area contributed by atoms with E-state index in [0.717, 1.165) is 37.0 Å².